The molecule has 0 aliphatic heterocycles. The van der Waals surface area contributed by atoms with Crippen molar-refractivity contribution in [1.29, 1.82) is 0 Å². The summed E-state index contributed by atoms with van der Waals surface area (Å²) < 4.78 is 22.3. The van der Waals surface area contributed by atoms with E-state index in [1.807, 2.05) is 0 Å². The molecule has 0 bridgehead atoms. The molecule has 0 aliphatic rings. The summed E-state index contributed by atoms with van der Waals surface area (Å²) in [5.41, 5.74) is 0. The number of rotatable bonds is 9. The van der Waals surface area contributed by atoms with Gasteiger partial charge in [0.2, 0.25) is 0 Å². The van der Waals surface area contributed by atoms with E-state index in [-0.39, 0.29) is 23.9 Å². The van der Waals surface area contributed by atoms with Crippen molar-refractivity contribution in [3.63, 3.8) is 0 Å². The van der Waals surface area contributed by atoms with E-state index < -0.39 is 21.8 Å². The maximum absolute atomic E-state index is 11.2. The highest BCUT2D eigenvalue weighted by Gasteiger charge is 2.15. The first-order valence-corrected chi connectivity index (χ1v) is 7.26. The monoisotopic (exact) mass is 271 g/mol. The Bertz CT molecular complexity index is 304. The van der Waals surface area contributed by atoms with Crippen LogP contribution in [0.1, 0.15) is 6.42 Å². The second kappa shape index (κ2) is 7.88. The van der Waals surface area contributed by atoms with Gasteiger partial charge in [-0.25, -0.2) is 8.42 Å². The van der Waals surface area contributed by atoms with Crippen molar-refractivity contribution in [2.24, 2.45) is 0 Å². The molecule has 96 valence electrons. The van der Waals surface area contributed by atoms with Crippen molar-refractivity contribution in [2.45, 2.75) is 12.5 Å². The first-order valence-electron chi connectivity index (χ1n) is 4.81. The van der Waals surface area contributed by atoms with Gasteiger partial charge in [0.05, 0.1) is 18.1 Å². The Kier molecular flexibility index (Phi) is 7.73. The van der Waals surface area contributed by atoms with Gasteiger partial charge in [-0.05, 0) is 13.0 Å². The Hall–Kier alpha value is -0.310. The van der Waals surface area contributed by atoms with Crippen LogP contribution in [0.2, 0.25) is 0 Å². The number of aliphatic hydroxyl groups excluding tert-OH is 1. The van der Waals surface area contributed by atoms with Gasteiger partial charge >= 0.3 is 5.97 Å². The van der Waals surface area contributed by atoms with Crippen LogP contribution in [0, 0.1) is 0 Å². The van der Waals surface area contributed by atoms with Crippen molar-refractivity contribution < 1.29 is 23.4 Å². The minimum atomic E-state index is -3.21. The summed E-state index contributed by atoms with van der Waals surface area (Å²) in [6.07, 6.45) is 0.319. The van der Waals surface area contributed by atoms with Crippen LogP contribution in [0.4, 0.5) is 0 Å². The van der Waals surface area contributed by atoms with Gasteiger partial charge in [-0.2, -0.15) is 12.6 Å². The molecule has 0 fully saturated rings. The summed E-state index contributed by atoms with van der Waals surface area (Å²) in [5, 5.41) is 19.8. The number of aliphatic carboxylic acids is 1. The topological polar surface area (TPSA) is 104 Å². The third kappa shape index (κ3) is 7.04. The highest BCUT2D eigenvalue weighted by Crippen LogP contribution is 1.94. The number of hydrogen-bond acceptors (Lipinski definition) is 6. The van der Waals surface area contributed by atoms with Crippen LogP contribution in [-0.4, -0.2) is 61.1 Å². The van der Waals surface area contributed by atoms with Gasteiger partial charge in [0, 0.05) is 5.75 Å². The summed E-state index contributed by atoms with van der Waals surface area (Å²) in [4.78, 5) is 10.6. The summed E-state index contributed by atoms with van der Waals surface area (Å²) in [6, 6.07) is -0.760. The van der Waals surface area contributed by atoms with E-state index in [1.54, 1.807) is 0 Å². The molecule has 8 heteroatoms. The predicted molar refractivity (Wildman–Crippen MR) is 63.6 cm³/mol. The molecule has 3 N–H and O–H groups in total. The Balaban J connectivity index is 3.79. The Morgan fingerprint density at radius 3 is 2.44 bits per heavy atom. The van der Waals surface area contributed by atoms with Crippen LogP contribution in [-0.2, 0) is 14.6 Å². The summed E-state index contributed by atoms with van der Waals surface area (Å²) >= 11 is 3.85. The lowest BCUT2D eigenvalue weighted by atomic mass is 10.3. The van der Waals surface area contributed by atoms with Gasteiger partial charge in [0.1, 0.15) is 6.04 Å². The van der Waals surface area contributed by atoms with Crippen LogP contribution >= 0.6 is 12.6 Å². The normalized spacial score (nSPS) is 13.6. The SMILES string of the molecule is O=C(O)C(CS)NCCCS(=O)(=O)CCO. The third-order valence-electron chi connectivity index (χ3n) is 1.91. The van der Waals surface area contributed by atoms with Gasteiger partial charge in [0.25, 0.3) is 0 Å². The van der Waals surface area contributed by atoms with Crippen LogP contribution in [0.25, 0.3) is 0 Å². The molecular weight excluding hydrogens is 254 g/mol. The molecule has 0 aromatic rings. The number of carbonyl (C=O) groups is 1. The van der Waals surface area contributed by atoms with Gasteiger partial charge < -0.3 is 15.5 Å². The van der Waals surface area contributed by atoms with E-state index in [1.165, 1.54) is 0 Å². The fraction of sp³-hybridized carbons (Fsp3) is 0.875. The zero-order valence-corrected chi connectivity index (χ0v) is 10.5. The van der Waals surface area contributed by atoms with E-state index in [2.05, 4.69) is 17.9 Å². The quantitative estimate of drug-likeness (QED) is 0.309. The summed E-state index contributed by atoms with van der Waals surface area (Å²) in [6.45, 7) is -0.0909. The number of sulfone groups is 1. The Labute approximate surface area is 100 Å². The zero-order chi connectivity index (χ0) is 12.6. The third-order valence-corrected chi connectivity index (χ3v) is 3.99. The average molecular weight is 271 g/mol. The van der Waals surface area contributed by atoms with Gasteiger partial charge in [0.15, 0.2) is 9.84 Å². The lowest BCUT2D eigenvalue weighted by molar-refractivity contribution is -0.138. The molecule has 0 aromatic carbocycles. The number of aliphatic hydroxyl groups is 1. The summed E-state index contributed by atoms with van der Waals surface area (Å²) in [7, 11) is -3.21. The minimum absolute atomic E-state index is 0.0561. The van der Waals surface area contributed by atoms with Crippen LogP contribution in [0.3, 0.4) is 0 Å². The zero-order valence-electron chi connectivity index (χ0n) is 8.79. The van der Waals surface area contributed by atoms with Crippen molar-refractivity contribution in [3.05, 3.63) is 0 Å². The summed E-state index contributed by atoms with van der Waals surface area (Å²) in [5.74, 6) is -1.16. The number of nitrogens with one attached hydrogen (secondary N) is 1. The number of hydrogen-bond donors (Lipinski definition) is 4. The Morgan fingerprint density at radius 2 is 2.00 bits per heavy atom. The molecule has 0 saturated carbocycles. The fourth-order valence-corrected chi connectivity index (χ4v) is 2.39. The molecule has 0 aromatic heterocycles. The first-order chi connectivity index (χ1) is 7.43. The molecule has 1 unspecified atom stereocenters. The standard InChI is InChI=1S/C8H17NO5S2/c10-3-5-16(13,14)4-1-2-9-7(6-15)8(11)12/h7,9-10,15H,1-6H2,(H,11,12). The van der Waals surface area contributed by atoms with E-state index in [9.17, 15) is 13.2 Å². The van der Waals surface area contributed by atoms with Gasteiger partial charge in [-0.15, -0.1) is 0 Å². The maximum Gasteiger partial charge on any atom is 0.321 e. The van der Waals surface area contributed by atoms with Crippen LogP contribution in [0.15, 0.2) is 0 Å². The van der Waals surface area contributed by atoms with E-state index in [4.69, 9.17) is 10.2 Å². The number of thiol groups is 1. The van der Waals surface area contributed by atoms with Crippen LogP contribution in [0.5, 0.6) is 0 Å². The second-order valence-electron chi connectivity index (χ2n) is 3.26. The van der Waals surface area contributed by atoms with Crippen LogP contribution < -0.4 is 5.32 Å². The smallest absolute Gasteiger partial charge is 0.321 e. The van der Waals surface area contributed by atoms with E-state index in [0.29, 0.717) is 13.0 Å². The molecule has 1 atom stereocenters. The van der Waals surface area contributed by atoms with Crippen molar-refractivity contribution in [3.8, 4) is 0 Å². The molecule has 0 radical (unpaired) electrons. The van der Waals surface area contributed by atoms with Gasteiger partial charge in [-0.1, -0.05) is 0 Å². The van der Waals surface area contributed by atoms with E-state index in [0.717, 1.165) is 0 Å². The molecule has 0 spiro atoms. The van der Waals surface area contributed by atoms with Crippen molar-refractivity contribution in [1.82, 2.24) is 5.32 Å². The number of carboxylic acid groups (broad SMARTS) is 1. The second-order valence-corrected chi connectivity index (χ2v) is 5.93. The molecule has 0 amide bonds. The molecule has 0 aliphatic carbocycles. The van der Waals surface area contributed by atoms with Crippen molar-refractivity contribution >= 4 is 28.4 Å². The first kappa shape index (κ1) is 15.7. The lowest BCUT2D eigenvalue weighted by Crippen LogP contribution is -2.39. The highest BCUT2D eigenvalue weighted by atomic mass is 32.2. The highest BCUT2D eigenvalue weighted by molar-refractivity contribution is 7.91. The van der Waals surface area contributed by atoms with Crippen molar-refractivity contribution in [2.75, 3.05) is 30.4 Å². The number of carboxylic acids is 1. The molecule has 0 heterocycles. The molecule has 0 rings (SSSR count). The van der Waals surface area contributed by atoms with E-state index >= 15 is 0 Å². The molecule has 6 nitrogen and oxygen atoms in total. The fourth-order valence-electron chi connectivity index (χ4n) is 1.04. The molecule has 16 heavy (non-hydrogen) atoms. The Morgan fingerprint density at radius 1 is 1.38 bits per heavy atom. The minimum Gasteiger partial charge on any atom is -0.480 e. The average Bonchev–Trinajstić information content (AvgIpc) is 2.17. The molecular formula is C8H17NO5S2. The predicted octanol–water partition coefficient (Wildman–Crippen LogP) is -1.24. The largest absolute Gasteiger partial charge is 0.480 e. The maximum atomic E-state index is 11.2. The molecule has 0 saturated heterocycles. The lowest BCUT2D eigenvalue weighted by Gasteiger charge is -2.11. The van der Waals surface area contributed by atoms with Gasteiger partial charge in [-0.3, -0.25) is 4.79 Å².